The lowest BCUT2D eigenvalue weighted by Crippen LogP contribution is -2.06. The van der Waals surface area contributed by atoms with Gasteiger partial charge in [-0.15, -0.1) is 0 Å². The summed E-state index contributed by atoms with van der Waals surface area (Å²) in [5.74, 6) is -1.23. The molecule has 1 rings (SSSR count). The van der Waals surface area contributed by atoms with Gasteiger partial charge < -0.3 is 10.8 Å². The minimum absolute atomic E-state index is 0.0266. The Bertz CT molecular complexity index is 404. The molecule has 1 aromatic carbocycles. The summed E-state index contributed by atoms with van der Waals surface area (Å²) in [6, 6.07) is 4.90. The van der Waals surface area contributed by atoms with Crippen molar-refractivity contribution in [2.24, 2.45) is 0 Å². The van der Waals surface area contributed by atoms with E-state index in [0.717, 1.165) is 4.47 Å². The average Bonchev–Trinajstić information content (AvgIpc) is 2.14. The Balaban J connectivity index is 2.78. The highest BCUT2D eigenvalue weighted by Gasteiger charge is 2.11. The van der Waals surface area contributed by atoms with Gasteiger partial charge in [0, 0.05) is 22.1 Å². The monoisotopic (exact) mass is 271 g/mol. The molecule has 0 aromatic heterocycles. The van der Waals surface area contributed by atoms with Crippen LogP contribution in [0.2, 0.25) is 0 Å². The average molecular weight is 272 g/mol. The predicted octanol–water partition coefficient (Wildman–Crippen LogP) is 2.08. The highest BCUT2D eigenvalue weighted by atomic mass is 79.9. The third-order valence-corrected chi connectivity index (χ3v) is 2.37. The Kier molecular flexibility index (Phi) is 3.85. The van der Waals surface area contributed by atoms with Crippen molar-refractivity contribution in [1.29, 1.82) is 0 Å². The van der Waals surface area contributed by atoms with Crippen LogP contribution in [0.15, 0.2) is 22.7 Å². The van der Waals surface area contributed by atoms with Gasteiger partial charge in [-0.25, -0.2) is 0 Å². The van der Waals surface area contributed by atoms with E-state index in [-0.39, 0.29) is 18.6 Å². The van der Waals surface area contributed by atoms with Gasteiger partial charge in [-0.05, 0) is 18.2 Å². The molecule has 1 aromatic rings. The number of carboxylic acids is 1. The molecule has 0 bridgehead atoms. The van der Waals surface area contributed by atoms with Crippen molar-refractivity contribution in [3.05, 3.63) is 28.2 Å². The summed E-state index contributed by atoms with van der Waals surface area (Å²) in [5, 5.41) is 8.43. The van der Waals surface area contributed by atoms with Crippen LogP contribution in [-0.2, 0) is 4.79 Å². The Hall–Kier alpha value is -1.36. The summed E-state index contributed by atoms with van der Waals surface area (Å²) in [6.07, 6.45) is -0.199. The van der Waals surface area contributed by atoms with Crippen LogP contribution in [0, 0.1) is 0 Å². The summed E-state index contributed by atoms with van der Waals surface area (Å²) in [6.45, 7) is 0. The third kappa shape index (κ3) is 3.36. The lowest BCUT2D eigenvalue weighted by atomic mass is 10.1. The molecule has 0 amide bonds. The number of aliphatic carboxylic acids is 1. The van der Waals surface area contributed by atoms with Crippen LogP contribution in [0.25, 0.3) is 0 Å². The van der Waals surface area contributed by atoms with E-state index in [9.17, 15) is 9.59 Å². The minimum atomic E-state index is -0.987. The number of carbonyl (C=O) groups is 2. The molecule has 0 unspecified atom stereocenters. The van der Waals surface area contributed by atoms with Gasteiger partial charge in [0.1, 0.15) is 0 Å². The lowest BCUT2D eigenvalue weighted by molar-refractivity contribution is -0.136. The number of carbonyl (C=O) groups excluding carboxylic acids is 1. The van der Waals surface area contributed by atoms with Gasteiger partial charge in [0.2, 0.25) is 0 Å². The van der Waals surface area contributed by atoms with E-state index in [1.54, 1.807) is 18.2 Å². The predicted molar refractivity (Wildman–Crippen MR) is 59.8 cm³/mol. The zero-order chi connectivity index (χ0) is 11.4. The first-order valence-corrected chi connectivity index (χ1v) is 5.10. The van der Waals surface area contributed by atoms with Gasteiger partial charge in [-0.2, -0.15) is 0 Å². The zero-order valence-corrected chi connectivity index (χ0v) is 9.45. The SMILES string of the molecule is Nc1cc(Br)ccc1C(=O)CCC(=O)O. The Morgan fingerprint density at radius 2 is 2.00 bits per heavy atom. The summed E-state index contributed by atoms with van der Waals surface area (Å²) < 4.78 is 0.787. The number of carboxylic acid groups (broad SMARTS) is 1. The van der Waals surface area contributed by atoms with E-state index in [1.165, 1.54) is 0 Å². The van der Waals surface area contributed by atoms with Crippen molar-refractivity contribution in [2.45, 2.75) is 12.8 Å². The molecule has 3 N–H and O–H groups in total. The summed E-state index contributed by atoms with van der Waals surface area (Å²) >= 11 is 3.22. The second-order valence-electron chi connectivity index (χ2n) is 3.05. The number of Topliss-reactive ketones (excluding diaryl/α,β-unsaturated/α-hetero) is 1. The number of hydrogen-bond donors (Lipinski definition) is 2. The van der Waals surface area contributed by atoms with Crippen LogP contribution in [0.3, 0.4) is 0 Å². The Morgan fingerprint density at radius 3 is 2.53 bits per heavy atom. The standard InChI is InChI=1S/C10H10BrNO3/c11-6-1-2-7(8(12)5-6)9(13)3-4-10(14)15/h1-2,5H,3-4,12H2,(H,14,15). The van der Waals surface area contributed by atoms with Gasteiger partial charge in [0.05, 0.1) is 6.42 Å². The maximum absolute atomic E-state index is 11.5. The van der Waals surface area contributed by atoms with E-state index < -0.39 is 5.97 Å². The van der Waals surface area contributed by atoms with Crippen LogP contribution >= 0.6 is 15.9 Å². The molecule has 0 spiro atoms. The number of halogens is 1. The summed E-state index contributed by atoms with van der Waals surface area (Å²) in [7, 11) is 0. The fourth-order valence-corrected chi connectivity index (χ4v) is 1.52. The molecular weight excluding hydrogens is 262 g/mol. The maximum atomic E-state index is 11.5. The van der Waals surface area contributed by atoms with E-state index in [0.29, 0.717) is 11.3 Å². The van der Waals surface area contributed by atoms with Gasteiger partial charge in [-0.1, -0.05) is 15.9 Å². The normalized spacial score (nSPS) is 9.93. The zero-order valence-electron chi connectivity index (χ0n) is 7.87. The number of benzene rings is 1. The molecule has 5 heteroatoms. The van der Waals surface area contributed by atoms with Crippen molar-refractivity contribution in [3.63, 3.8) is 0 Å². The fourth-order valence-electron chi connectivity index (χ4n) is 1.14. The topological polar surface area (TPSA) is 80.4 Å². The van der Waals surface area contributed by atoms with Crippen molar-refractivity contribution < 1.29 is 14.7 Å². The fraction of sp³-hybridized carbons (Fsp3) is 0.200. The molecule has 0 heterocycles. The second kappa shape index (κ2) is 4.93. The van der Waals surface area contributed by atoms with Crippen LogP contribution in [0.1, 0.15) is 23.2 Å². The van der Waals surface area contributed by atoms with Gasteiger partial charge in [0.25, 0.3) is 0 Å². The molecule has 0 saturated carbocycles. The van der Waals surface area contributed by atoms with Crippen LogP contribution in [0.4, 0.5) is 5.69 Å². The smallest absolute Gasteiger partial charge is 0.303 e. The van der Waals surface area contributed by atoms with Gasteiger partial charge >= 0.3 is 5.97 Å². The van der Waals surface area contributed by atoms with E-state index in [2.05, 4.69) is 15.9 Å². The molecule has 0 fully saturated rings. The number of rotatable bonds is 4. The summed E-state index contributed by atoms with van der Waals surface area (Å²) in [5.41, 5.74) is 6.37. The summed E-state index contributed by atoms with van der Waals surface area (Å²) in [4.78, 5) is 21.8. The molecule has 0 aliphatic heterocycles. The van der Waals surface area contributed by atoms with E-state index >= 15 is 0 Å². The molecule has 0 saturated heterocycles. The van der Waals surface area contributed by atoms with E-state index in [4.69, 9.17) is 10.8 Å². The van der Waals surface area contributed by atoms with Crippen LogP contribution < -0.4 is 5.73 Å². The van der Waals surface area contributed by atoms with Crippen molar-refractivity contribution >= 4 is 33.4 Å². The lowest BCUT2D eigenvalue weighted by Gasteiger charge is -2.03. The number of anilines is 1. The highest BCUT2D eigenvalue weighted by molar-refractivity contribution is 9.10. The van der Waals surface area contributed by atoms with Crippen LogP contribution in [-0.4, -0.2) is 16.9 Å². The molecular formula is C10H10BrNO3. The minimum Gasteiger partial charge on any atom is -0.481 e. The first kappa shape index (κ1) is 11.7. The molecule has 4 nitrogen and oxygen atoms in total. The third-order valence-electron chi connectivity index (χ3n) is 1.88. The maximum Gasteiger partial charge on any atom is 0.303 e. The van der Waals surface area contributed by atoms with Crippen molar-refractivity contribution in [3.8, 4) is 0 Å². The molecule has 0 aliphatic rings. The number of hydrogen-bond acceptors (Lipinski definition) is 3. The van der Waals surface area contributed by atoms with Crippen molar-refractivity contribution in [1.82, 2.24) is 0 Å². The number of nitrogens with two attached hydrogens (primary N) is 1. The second-order valence-corrected chi connectivity index (χ2v) is 3.96. The largest absolute Gasteiger partial charge is 0.481 e. The molecule has 0 aliphatic carbocycles. The Labute approximate surface area is 95.2 Å². The molecule has 0 radical (unpaired) electrons. The van der Waals surface area contributed by atoms with E-state index in [1.807, 2.05) is 0 Å². The first-order valence-electron chi connectivity index (χ1n) is 4.30. The molecule has 15 heavy (non-hydrogen) atoms. The van der Waals surface area contributed by atoms with Crippen LogP contribution in [0.5, 0.6) is 0 Å². The van der Waals surface area contributed by atoms with Gasteiger partial charge in [-0.3, -0.25) is 9.59 Å². The quantitative estimate of drug-likeness (QED) is 0.649. The first-order chi connectivity index (χ1) is 7.00. The molecule has 80 valence electrons. The molecule has 0 atom stereocenters. The Morgan fingerprint density at radius 1 is 1.33 bits per heavy atom. The van der Waals surface area contributed by atoms with Crippen molar-refractivity contribution in [2.75, 3.05) is 5.73 Å². The number of ketones is 1. The number of nitrogen functional groups attached to an aromatic ring is 1. The highest BCUT2D eigenvalue weighted by Crippen LogP contribution is 2.20. The van der Waals surface area contributed by atoms with Gasteiger partial charge in [0.15, 0.2) is 5.78 Å².